The van der Waals surface area contributed by atoms with E-state index in [0.717, 1.165) is 28.8 Å². The summed E-state index contributed by atoms with van der Waals surface area (Å²) in [7, 11) is 0. The minimum atomic E-state index is -0.155. The number of rotatable bonds is 5. The Bertz CT molecular complexity index is 1010. The van der Waals surface area contributed by atoms with Crippen molar-refractivity contribution in [1.82, 2.24) is 15.1 Å². The maximum Gasteiger partial charge on any atom is 0.254 e. The molecule has 0 bridgehead atoms. The predicted molar refractivity (Wildman–Crippen MR) is 107 cm³/mol. The molecule has 6 nitrogen and oxygen atoms in total. The number of carbonyl (C=O) groups is 2. The van der Waals surface area contributed by atoms with E-state index in [0.29, 0.717) is 18.5 Å². The van der Waals surface area contributed by atoms with Gasteiger partial charge >= 0.3 is 0 Å². The molecular formula is C22H22N4O2. The summed E-state index contributed by atoms with van der Waals surface area (Å²) in [4.78, 5) is 24.1. The minimum Gasteiger partial charge on any atom is -0.345 e. The third kappa shape index (κ3) is 3.96. The van der Waals surface area contributed by atoms with Crippen LogP contribution >= 0.6 is 0 Å². The van der Waals surface area contributed by atoms with Crippen LogP contribution in [0.15, 0.2) is 60.9 Å². The molecule has 142 valence electrons. The molecule has 2 heterocycles. The van der Waals surface area contributed by atoms with Crippen molar-refractivity contribution in [2.24, 2.45) is 0 Å². The van der Waals surface area contributed by atoms with E-state index in [1.54, 1.807) is 17.1 Å². The van der Waals surface area contributed by atoms with Gasteiger partial charge in [-0.3, -0.25) is 14.3 Å². The van der Waals surface area contributed by atoms with Gasteiger partial charge in [-0.2, -0.15) is 5.10 Å². The molecule has 2 N–H and O–H groups in total. The number of hydrogen-bond acceptors (Lipinski definition) is 3. The highest BCUT2D eigenvalue weighted by Gasteiger charge is 2.18. The molecule has 1 aliphatic rings. The lowest BCUT2D eigenvalue weighted by atomic mass is 9.97. The fourth-order valence-corrected chi connectivity index (χ4v) is 3.37. The Morgan fingerprint density at radius 1 is 1.21 bits per heavy atom. The molecule has 1 aromatic heterocycles. The van der Waals surface area contributed by atoms with E-state index >= 15 is 0 Å². The maximum atomic E-state index is 12.6. The summed E-state index contributed by atoms with van der Waals surface area (Å²) >= 11 is 0. The highest BCUT2D eigenvalue weighted by Crippen LogP contribution is 2.26. The summed E-state index contributed by atoms with van der Waals surface area (Å²) in [5.74, 6) is -0.105. The Morgan fingerprint density at radius 2 is 2.04 bits per heavy atom. The molecule has 1 atom stereocenters. The van der Waals surface area contributed by atoms with E-state index in [1.165, 1.54) is 0 Å². The lowest BCUT2D eigenvalue weighted by Crippen LogP contribution is -2.27. The van der Waals surface area contributed by atoms with Gasteiger partial charge in [0.15, 0.2) is 0 Å². The molecule has 1 aliphatic heterocycles. The fourth-order valence-electron chi connectivity index (χ4n) is 3.37. The van der Waals surface area contributed by atoms with E-state index in [-0.39, 0.29) is 17.9 Å². The fraction of sp³-hybridized carbons (Fsp3) is 0.227. The molecule has 0 fully saturated rings. The molecule has 0 saturated heterocycles. The third-order valence-electron chi connectivity index (χ3n) is 4.96. The van der Waals surface area contributed by atoms with Crippen molar-refractivity contribution in [3.63, 3.8) is 0 Å². The number of benzene rings is 2. The molecule has 0 saturated carbocycles. The molecule has 3 aromatic rings. The number of aromatic nitrogens is 2. The van der Waals surface area contributed by atoms with Gasteiger partial charge in [0.2, 0.25) is 5.91 Å². The van der Waals surface area contributed by atoms with Crippen LogP contribution in [0.1, 0.15) is 46.4 Å². The van der Waals surface area contributed by atoms with Crippen LogP contribution in [0.2, 0.25) is 0 Å². The first-order chi connectivity index (χ1) is 13.6. The van der Waals surface area contributed by atoms with Gasteiger partial charge in [0.25, 0.3) is 5.91 Å². The smallest absolute Gasteiger partial charge is 0.254 e. The van der Waals surface area contributed by atoms with Crippen LogP contribution in [-0.2, 0) is 17.8 Å². The van der Waals surface area contributed by atoms with E-state index < -0.39 is 0 Å². The van der Waals surface area contributed by atoms with Crippen molar-refractivity contribution in [2.45, 2.75) is 32.4 Å². The van der Waals surface area contributed by atoms with Crippen LogP contribution < -0.4 is 10.6 Å². The van der Waals surface area contributed by atoms with Crippen molar-refractivity contribution < 1.29 is 9.59 Å². The first-order valence-electron chi connectivity index (χ1n) is 9.38. The lowest BCUT2D eigenvalue weighted by Gasteiger charge is -2.20. The topological polar surface area (TPSA) is 76.0 Å². The average Bonchev–Trinajstić information content (AvgIpc) is 3.17. The number of nitrogens with zero attached hydrogens (tertiary/aromatic N) is 2. The number of amides is 2. The second-order valence-corrected chi connectivity index (χ2v) is 7.07. The monoisotopic (exact) mass is 374 g/mol. The molecule has 0 radical (unpaired) electrons. The van der Waals surface area contributed by atoms with Crippen molar-refractivity contribution >= 4 is 17.5 Å². The number of nitrogens with one attached hydrogen (secondary N) is 2. The standard InChI is InChI=1S/C22H22N4O2/c1-15(17-7-9-20-18(11-17)8-10-21(27)25-20)24-22(28)19-12-23-26(14-19)13-16-5-3-2-4-6-16/h2-7,9,11-12,14-15H,8,10,13H2,1H3,(H,24,28)(H,25,27). The number of aryl methyl sites for hydroxylation is 1. The Hall–Kier alpha value is -3.41. The Labute approximate surface area is 163 Å². The first-order valence-corrected chi connectivity index (χ1v) is 9.38. The minimum absolute atomic E-state index is 0.0501. The maximum absolute atomic E-state index is 12.6. The SMILES string of the molecule is CC(NC(=O)c1cnn(Cc2ccccc2)c1)c1ccc2c(c1)CCC(=O)N2. The van der Waals surface area contributed by atoms with Gasteiger partial charge in [0, 0.05) is 18.3 Å². The molecule has 1 unspecified atom stereocenters. The molecular weight excluding hydrogens is 352 g/mol. The van der Waals surface area contributed by atoms with Crippen LogP contribution in [-0.4, -0.2) is 21.6 Å². The number of hydrogen-bond donors (Lipinski definition) is 2. The van der Waals surface area contributed by atoms with Crippen LogP contribution in [0.25, 0.3) is 0 Å². The normalized spacial score (nSPS) is 14.1. The summed E-state index contributed by atoms with van der Waals surface area (Å²) in [6.07, 6.45) is 4.57. The van der Waals surface area contributed by atoms with E-state index in [2.05, 4.69) is 21.8 Å². The van der Waals surface area contributed by atoms with E-state index in [1.807, 2.05) is 49.4 Å². The quantitative estimate of drug-likeness (QED) is 0.719. The molecule has 28 heavy (non-hydrogen) atoms. The van der Waals surface area contributed by atoms with Gasteiger partial charge in [-0.15, -0.1) is 0 Å². The van der Waals surface area contributed by atoms with Crippen LogP contribution in [0.5, 0.6) is 0 Å². The molecule has 2 aromatic carbocycles. The predicted octanol–water partition coefficient (Wildman–Crippen LogP) is 3.31. The zero-order chi connectivity index (χ0) is 19.5. The largest absolute Gasteiger partial charge is 0.345 e. The molecule has 0 aliphatic carbocycles. The molecule has 0 spiro atoms. The number of carbonyl (C=O) groups excluding carboxylic acids is 2. The highest BCUT2D eigenvalue weighted by molar-refractivity contribution is 5.94. The van der Waals surface area contributed by atoms with Gasteiger partial charge in [-0.1, -0.05) is 42.5 Å². The van der Waals surface area contributed by atoms with Gasteiger partial charge in [0.1, 0.15) is 0 Å². The van der Waals surface area contributed by atoms with Gasteiger partial charge in [0.05, 0.1) is 24.3 Å². The lowest BCUT2D eigenvalue weighted by molar-refractivity contribution is -0.116. The second-order valence-electron chi connectivity index (χ2n) is 7.07. The van der Waals surface area contributed by atoms with Crippen LogP contribution in [0.3, 0.4) is 0 Å². The average molecular weight is 374 g/mol. The molecule has 6 heteroatoms. The Morgan fingerprint density at radius 3 is 2.86 bits per heavy atom. The van der Waals surface area contributed by atoms with E-state index in [4.69, 9.17) is 0 Å². The van der Waals surface area contributed by atoms with Crippen molar-refractivity contribution in [2.75, 3.05) is 5.32 Å². The van der Waals surface area contributed by atoms with Crippen LogP contribution in [0.4, 0.5) is 5.69 Å². The number of fused-ring (bicyclic) bond motifs is 1. The number of anilines is 1. The van der Waals surface area contributed by atoms with Crippen LogP contribution in [0, 0.1) is 0 Å². The Balaban J connectivity index is 1.41. The molecule has 2 amide bonds. The third-order valence-corrected chi connectivity index (χ3v) is 4.96. The van der Waals surface area contributed by atoms with Crippen molar-refractivity contribution in [1.29, 1.82) is 0 Å². The summed E-state index contributed by atoms with van der Waals surface area (Å²) in [5.41, 5.74) is 4.65. The summed E-state index contributed by atoms with van der Waals surface area (Å²) in [6.45, 7) is 2.58. The van der Waals surface area contributed by atoms with Gasteiger partial charge < -0.3 is 10.6 Å². The highest BCUT2D eigenvalue weighted by atomic mass is 16.2. The first kappa shape index (κ1) is 18.0. The second kappa shape index (κ2) is 7.68. The molecule has 4 rings (SSSR count). The summed E-state index contributed by atoms with van der Waals surface area (Å²) in [6, 6.07) is 15.8. The van der Waals surface area contributed by atoms with E-state index in [9.17, 15) is 9.59 Å². The Kier molecular flexibility index (Phi) is 4.93. The van der Waals surface area contributed by atoms with Gasteiger partial charge in [-0.05, 0) is 36.1 Å². The summed E-state index contributed by atoms with van der Waals surface area (Å²) in [5, 5.41) is 10.2. The zero-order valence-corrected chi connectivity index (χ0v) is 15.7. The van der Waals surface area contributed by atoms with Crippen molar-refractivity contribution in [3.8, 4) is 0 Å². The summed E-state index contributed by atoms with van der Waals surface area (Å²) < 4.78 is 1.76. The van der Waals surface area contributed by atoms with Gasteiger partial charge in [-0.25, -0.2) is 0 Å². The van der Waals surface area contributed by atoms with Crippen molar-refractivity contribution in [3.05, 3.63) is 83.2 Å². The zero-order valence-electron chi connectivity index (χ0n) is 15.7.